The van der Waals surface area contributed by atoms with Gasteiger partial charge in [0.25, 0.3) is 0 Å². The summed E-state index contributed by atoms with van der Waals surface area (Å²) in [7, 11) is 0. The zero-order valence-corrected chi connectivity index (χ0v) is 10.7. The van der Waals surface area contributed by atoms with Crippen LogP contribution in [0.5, 0.6) is 0 Å². The van der Waals surface area contributed by atoms with Crippen LogP contribution in [0.1, 0.15) is 30.0 Å². The molecule has 1 heteroatoms. The molecule has 2 N–H and O–H groups in total. The first-order chi connectivity index (χ1) is 7.52. The number of rotatable bonds is 5. The molecule has 0 radical (unpaired) electrons. The highest BCUT2D eigenvalue weighted by atomic mass is 14.5. The molecule has 1 atom stereocenters. The van der Waals surface area contributed by atoms with Gasteiger partial charge < -0.3 is 5.73 Å². The second-order valence-electron chi connectivity index (χ2n) is 4.90. The topological polar surface area (TPSA) is 26.0 Å². The fourth-order valence-corrected chi connectivity index (χ4v) is 2.06. The van der Waals surface area contributed by atoms with Crippen molar-refractivity contribution >= 4 is 0 Å². The summed E-state index contributed by atoms with van der Waals surface area (Å²) >= 11 is 0. The number of hydrogen-bond acceptors (Lipinski definition) is 1. The SMILES string of the molecule is C=C(C)CC(CN)Cc1cc(C)ccc1C. The van der Waals surface area contributed by atoms with E-state index in [1.165, 1.54) is 22.3 Å². The first-order valence-electron chi connectivity index (χ1n) is 5.93. The Bertz CT molecular complexity index is 366. The van der Waals surface area contributed by atoms with E-state index >= 15 is 0 Å². The lowest BCUT2D eigenvalue weighted by Gasteiger charge is -2.16. The van der Waals surface area contributed by atoms with Crippen LogP contribution in [0.4, 0.5) is 0 Å². The van der Waals surface area contributed by atoms with Crippen molar-refractivity contribution in [1.29, 1.82) is 0 Å². The Hall–Kier alpha value is -1.08. The summed E-state index contributed by atoms with van der Waals surface area (Å²) in [6.45, 7) is 11.1. The van der Waals surface area contributed by atoms with Crippen LogP contribution >= 0.6 is 0 Å². The van der Waals surface area contributed by atoms with Crippen molar-refractivity contribution in [2.75, 3.05) is 6.54 Å². The molecule has 0 saturated carbocycles. The van der Waals surface area contributed by atoms with Crippen LogP contribution in [0.3, 0.4) is 0 Å². The lowest BCUT2D eigenvalue weighted by atomic mass is 9.91. The number of aryl methyl sites for hydroxylation is 2. The minimum Gasteiger partial charge on any atom is -0.330 e. The van der Waals surface area contributed by atoms with Gasteiger partial charge in [-0.25, -0.2) is 0 Å². The van der Waals surface area contributed by atoms with Gasteiger partial charge in [0.1, 0.15) is 0 Å². The molecule has 1 nitrogen and oxygen atoms in total. The van der Waals surface area contributed by atoms with E-state index in [4.69, 9.17) is 5.73 Å². The fourth-order valence-electron chi connectivity index (χ4n) is 2.06. The molecule has 0 bridgehead atoms. The minimum atomic E-state index is 0.526. The average molecular weight is 217 g/mol. The Morgan fingerprint density at radius 1 is 1.38 bits per heavy atom. The van der Waals surface area contributed by atoms with E-state index in [9.17, 15) is 0 Å². The third-order valence-corrected chi connectivity index (χ3v) is 2.98. The molecule has 0 aliphatic carbocycles. The molecule has 0 aromatic heterocycles. The van der Waals surface area contributed by atoms with Gasteiger partial charge in [-0.1, -0.05) is 29.3 Å². The van der Waals surface area contributed by atoms with Gasteiger partial charge in [-0.2, -0.15) is 0 Å². The highest BCUT2D eigenvalue weighted by Gasteiger charge is 2.09. The molecule has 0 saturated heterocycles. The second-order valence-corrected chi connectivity index (χ2v) is 4.90. The van der Waals surface area contributed by atoms with E-state index in [1.807, 2.05) is 0 Å². The first kappa shape index (κ1) is 13.0. The van der Waals surface area contributed by atoms with Gasteiger partial charge in [0.2, 0.25) is 0 Å². The maximum Gasteiger partial charge on any atom is -0.00426 e. The molecule has 1 rings (SSSR count). The molecule has 0 spiro atoms. The van der Waals surface area contributed by atoms with E-state index in [0.717, 1.165) is 19.4 Å². The van der Waals surface area contributed by atoms with Gasteiger partial charge in [-0.15, -0.1) is 6.58 Å². The molecule has 0 aliphatic rings. The quantitative estimate of drug-likeness (QED) is 0.752. The van der Waals surface area contributed by atoms with Crippen LogP contribution < -0.4 is 5.73 Å². The number of benzene rings is 1. The molecule has 0 heterocycles. The molecule has 1 aromatic rings. The van der Waals surface area contributed by atoms with E-state index in [1.54, 1.807) is 0 Å². The van der Waals surface area contributed by atoms with Crippen LogP contribution in [-0.2, 0) is 6.42 Å². The average Bonchev–Trinajstić information content (AvgIpc) is 2.21. The molecule has 0 fully saturated rings. The van der Waals surface area contributed by atoms with Gasteiger partial charge >= 0.3 is 0 Å². The molecule has 0 amide bonds. The maximum atomic E-state index is 5.82. The zero-order chi connectivity index (χ0) is 12.1. The molecule has 1 aromatic carbocycles. The highest BCUT2D eigenvalue weighted by Crippen LogP contribution is 2.19. The van der Waals surface area contributed by atoms with Crippen LogP contribution in [0.15, 0.2) is 30.4 Å². The van der Waals surface area contributed by atoms with Crippen LogP contribution in [0.2, 0.25) is 0 Å². The summed E-state index contributed by atoms with van der Waals surface area (Å²) in [5.41, 5.74) is 11.2. The van der Waals surface area contributed by atoms with Crippen LogP contribution in [0.25, 0.3) is 0 Å². The predicted octanol–water partition coefficient (Wildman–Crippen LogP) is 3.39. The zero-order valence-electron chi connectivity index (χ0n) is 10.7. The highest BCUT2D eigenvalue weighted by molar-refractivity contribution is 5.30. The molecular formula is C15H23N. The third kappa shape index (κ3) is 3.82. The van der Waals surface area contributed by atoms with Gasteiger partial charge in [0.15, 0.2) is 0 Å². The monoisotopic (exact) mass is 217 g/mol. The molecule has 16 heavy (non-hydrogen) atoms. The van der Waals surface area contributed by atoms with Crippen molar-refractivity contribution in [3.05, 3.63) is 47.0 Å². The molecular weight excluding hydrogens is 194 g/mol. The van der Waals surface area contributed by atoms with Gasteiger partial charge in [-0.3, -0.25) is 0 Å². The second kappa shape index (κ2) is 5.86. The summed E-state index contributed by atoms with van der Waals surface area (Å²) < 4.78 is 0. The fraction of sp³-hybridized carbons (Fsp3) is 0.467. The minimum absolute atomic E-state index is 0.526. The van der Waals surface area contributed by atoms with E-state index in [2.05, 4.69) is 45.5 Å². The van der Waals surface area contributed by atoms with Gasteiger partial charge in [0, 0.05) is 0 Å². The lowest BCUT2D eigenvalue weighted by Crippen LogP contribution is -2.17. The standard InChI is InChI=1S/C15H23N/c1-11(2)7-14(10-16)9-15-8-12(3)5-6-13(15)4/h5-6,8,14H,1,7,9-10,16H2,2-4H3. The molecule has 0 aliphatic heterocycles. The Morgan fingerprint density at radius 3 is 2.62 bits per heavy atom. The maximum absolute atomic E-state index is 5.82. The summed E-state index contributed by atoms with van der Waals surface area (Å²) in [4.78, 5) is 0. The van der Waals surface area contributed by atoms with Crippen molar-refractivity contribution in [1.82, 2.24) is 0 Å². The number of hydrogen-bond donors (Lipinski definition) is 1. The first-order valence-corrected chi connectivity index (χ1v) is 5.93. The normalized spacial score (nSPS) is 12.5. The Balaban J connectivity index is 2.77. The number of nitrogens with two attached hydrogens (primary N) is 1. The van der Waals surface area contributed by atoms with Crippen LogP contribution in [0, 0.1) is 19.8 Å². The lowest BCUT2D eigenvalue weighted by molar-refractivity contribution is 0.530. The Kier molecular flexibility index (Phi) is 4.75. The number of allylic oxidation sites excluding steroid dienone is 1. The summed E-state index contributed by atoms with van der Waals surface area (Å²) in [5.74, 6) is 0.526. The van der Waals surface area contributed by atoms with Gasteiger partial charge in [-0.05, 0) is 57.2 Å². The summed E-state index contributed by atoms with van der Waals surface area (Å²) in [6, 6.07) is 6.63. The molecule has 88 valence electrons. The van der Waals surface area contributed by atoms with Crippen molar-refractivity contribution in [3.8, 4) is 0 Å². The predicted molar refractivity (Wildman–Crippen MR) is 71.6 cm³/mol. The third-order valence-electron chi connectivity index (χ3n) is 2.98. The van der Waals surface area contributed by atoms with Crippen LogP contribution in [-0.4, -0.2) is 6.54 Å². The smallest absolute Gasteiger partial charge is 0.00426 e. The largest absolute Gasteiger partial charge is 0.330 e. The Labute approximate surface area is 99.4 Å². The van der Waals surface area contributed by atoms with E-state index < -0.39 is 0 Å². The van der Waals surface area contributed by atoms with Crippen molar-refractivity contribution < 1.29 is 0 Å². The van der Waals surface area contributed by atoms with Crippen molar-refractivity contribution in [3.63, 3.8) is 0 Å². The van der Waals surface area contributed by atoms with E-state index in [0.29, 0.717) is 5.92 Å². The van der Waals surface area contributed by atoms with Crippen molar-refractivity contribution in [2.45, 2.75) is 33.6 Å². The van der Waals surface area contributed by atoms with Gasteiger partial charge in [0.05, 0.1) is 0 Å². The Morgan fingerprint density at radius 2 is 2.06 bits per heavy atom. The summed E-state index contributed by atoms with van der Waals surface area (Å²) in [6.07, 6.45) is 2.10. The van der Waals surface area contributed by atoms with E-state index in [-0.39, 0.29) is 0 Å². The summed E-state index contributed by atoms with van der Waals surface area (Å²) in [5, 5.41) is 0. The van der Waals surface area contributed by atoms with Crippen molar-refractivity contribution in [2.24, 2.45) is 11.7 Å². The molecule has 1 unspecified atom stereocenters.